The number of nitrogens with zero attached hydrogens (tertiary/aromatic N) is 2. The molecule has 0 unspecified atom stereocenters. The van der Waals surface area contributed by atoms with E-state index in [4.69, 9.17) is 0 Å². The summed E-state index contributed by atoms with van der Waals surface area (Å²) in [4.78, 5) is 14.4. The number of carbonyl (C=O) groups is 1. The van der Waals surface area contributed by atoms with E-state index in [9.17, 15) is 22.0 Å². The van der Waals surface area contributed by atoms with Crippen LogP contribution in [0.25, 0.3) is 10.8 Å². The summed E-state index contributed by atoms with van der Waals surface area (Å²) in [5.41, 5.74) is 0.212. The summed E-state index contributed by atoms with van der Waals surface area (Å²) in [6.45, 7) is -2.28. The van der Waals surface area contributed by atoms with Gasteiger partial charge in [0.15, 0.2) is 0 Å². The number of benzene rings is 3. The summed E-state index contributed by atoms with van der Waals surface area (Å²) in [5, 5.41) is 1.79. The van der Waals surface area contributed by atoms with E-state index in [1.54, 1.807) is 18.2 Å². The van der Waals surface area contributed by atoms with Crippen LogP contribution in [0.5, 0.6) is 5.75 Å². The lowest BCUT2D eigenvalue weighted by atomic mass is 10.1. The average Bonchev–Trinajstić information content (AvgIpc) is 2.78. The molecule has 3 aromatic rings. The van der Waals surface area contributed by atoms with Gasteiger partial charge >= 0.3 is 6.61 Å². The lowest BCUT2D eigenvalue weighted by Gasteiger charge is -2.34. The number of alkyl halides is 2. The highest BCUT2D eigenvalue weighted by Crippen LogP contribution is 2.24. The second-order valence-electron chi connectivity index (χ2n) is 7.11. The van der Waals surface area contributed by atoms with E-state index in [-0.39, 0.29) is 48.3 Å². The Morgan fingerprint density at radius 1 is 0.871 bits per heavy atom. The number of fused-ring (bicyclic) bond motifs is 1. The van der Waals surface area contributed by atoms with Crippen molar-refractivity contribution in [2.45, 2.75) is 11.5 Å². The Morgan fingerprint density at radius 3 is 2.29 bits per heavy atom. The Hall–Kier alpha value is -3.04. The van der Waals surface area contributed by atoms with Gasteiger partial charge in [0.05, 0.1) is 4.90 Å². The number of carbonyl (C=O) groups excluding carboxylic acids is 1. The first-order chi connectivity index (χ1) is 14.8. The molecule has 1 aliphatic rings. The highest BCUT2D eigenvalue weighted by molar-refractivity contribution is 7.89. The monoisotopic (exact) mass is 446 g/mol. The van der Waals surface area contributed by atoms with Gasteiger partial charge in [0.25, 0.3) is 5.91 Å². The van der Waals surface area contributed by atoms with Crippen molar-refractivity contribution in [3.63, 3.8) is 0 Å². The van der Waals surface area contributed by atoms with Gasteiger partial charge in [-0.15, -0.1) is 0 Å². The Kier molecular flexibility index (Phi) is 5.88. The second-order valence-corrected chi connectivity index (χ2v) is 9.05. The Balaban J connectivity index is 1.45. The number of hydrogen-bond acceptors (Lipinski definition) is 4. The van der Waals surface area contributed by atoms with E-state index < -0.39 is 16.6 Å². The lowest BCUT2D eigenvalue weighted by Crippen LogP contribution is -2.50. The number of rotatable bonds is 5. The Labute approximate surface area is 178 Å². The highest BCUT2D eigenvalue weighted by Gasteiger charge is 2.30. The molecular formula is C22H20F2N2O4S. The molecule has 0 spiro atoms. The number of amides is 1. The van der Waals surface area contributed by atoms with E-state index in [1.807, 2.05) is 24.3 Å². The van der Waals surface area contributed by atoms with Crippen LogP contribution in [0.4, 0.5) is 8.78 Å². The van der Waals surface area contributed by atoms with Gasteiger partial charge in [-0.1, -0.05) is 36.4 Å². The van der Waals surface area contributed by atoms with Crippen LogP contribution in [-0.4, -0.2) is 56.3 Å². The molecule has 1 fully saturated rings. The fourth-order valence-corrected chi connectivity index (χ4v) is 5.05. The van der Waals surface area contributed by atoms with Crippen LogP contribution in [0.15, 0.2) is 71.6 Å². The number of piperazine rings is 1. The van der Waals surface area contributed by atoms with Crippen molar-refractivity contribution in [1.82, 2.24) is 9.21 Å². The molecule has 1 aliphatic heterocycles. The van der Waals surface area contributed by atoms with E-state index >= 15 is 0 Å². The van der Waals surface area contributed by atoms with Crippen LogP contribution in [0.2, 0.25) is 0 Å². The molecule has 9 heteroatoms. The van der Waals surface area contributed by atoms with Crippen LogP contribution >= 0.6 is 0 Å². The van der Waals surface area contributed by atoms with Gasteiger partial charge in [0.1, 0.15) is 5.75 Å². The van der Waals surface area contributed by atoms with Gasteiger partial charge in [-0.05, 0) is 41.1 Å². The topological polar surface area (TPSA) is 66.9 Å². The molecule has 1 heterocycles. The molecule has 0 aromatic heterocycles. The molecule has 0 saturated carbocycles. The maximum absolute atomic E-state index is 13.1. The summed E-state index contributed by atoms with van der Waals surface area (Å²) >= 11 is 0. The predicted molar refractivity (Wildman–Crippen MR) is 112 cm³/mol. The van der Waals surface area contributed by atoms with Crippen LogP contribution in [-0.2, 0) is 10.0 Å². The molecule has 0 N–H and O–H groups in total. The Morgan fingerprint density at radius 2 is 1.58 bits per heavy atom. The lowest BCUT2D eigenvalue weighted by molar-refractivity contribution is -0.0499. The third-order valence-corrected chi connectivity index (χ3v) is 7.09. The number of halogens is 2. The van der Waals surface area contributed by atoms with Gasteiger partial charge in [-0.3, -0.25) is 4.79 Å². The van der Waals surface area contributed by atoms with Crippen molar-refractivity contribution in [2.24, 2.45) is 0 Å². The maximum Gasteiger partial charge on any atom is 0.387 e. The van der Waals surface area contributed by atoms with Crippen LogP contribution < -0.4 is 4.74 Å². The quantitative estimate of drug-likeness (QED) is 0.601. The van der Waals surface area contributed by atoms with Gasteiger partial charge < -0.3 is 9.64 Å². The third kappa shape index (κ3) is 4.52. The average molecular weight is 446 g/mol. The highest BCUT2D eigenvalue weighted by atomic mass is 32.2. The van der Waals surface area contributed by atoms with Crippen molar-refractivity contribution in [3.8, 4) is 5.75 Å². The summed E-state index contributed by atoms with van der Waals surface area (Å²) in [6.07, 6.45) is 0. The van der Waals surface area contributed by atoms with E-state index in [0.717, 1.165) is 10.8 Å². The predicted octanol–water partition coefficient (Wildman–Crippen LogP) is 3.59. The van der Waals surface area contributed by atoms with Gasteiger partial charge in [-0.25, -0.2) is 8.42 Å². The first kappa shape index (κ1) is 21.2. The van der Waals surface area contributed by atoms with Crippen LogP contribution in [0.1, 0.15) is 10.4 Å². The molecule has 0 atom stereocenters. The molecule has 1 amide bonds. The van der Waals surface area contributed by atoms with Crippen LogP contribution in [0.3, 0.4) is 0 Å². The number of ether oxygens (including phenoxy) is 1. The van der Waals surface area contributed by atoms with E-state index in [2.05, 4.69) is 4.74 Å². The zero-order chi connectivity index (χ0) is 22.0. The second kappa shape index (κ2) is 8.60. The molecule has 0 radical (unpaired) electrons. The minimum atomic E-state index is -3.70. The molecule has 6 nitrogen and oxygen atoms in total. The fourth-order valence-electron chi connectivity index (χ4n) is 3.60. The first-order valence-electron chi connectivity index (χ1n) is 9.68. The molecule has 162 valence electrons. The minimum absolute atomic E-state index is 0.0987. The third-order valence-electron chi connectivity index (χ3n) is 5.19. The molecule has 0 bridgehead atoms. The normalized spacial score (nSPS) is 15.4. The van der Waals surface area contributed by atoms with Gasteiger partial charge in [-0.2, -0.15) is 13.1 Å². The molecule has 0 aliphatic carbocycles. The molecule has 3 aromatic carbocycles. The Bertz CT molecular complexity index is 1210. The number of hydrogen-bond donors (Lipinski definition) is 0. The first-order valence-corrected chi connectivity index (χ1v) is 11.1. The standard InChI is InChI=1S/C22H20F2N2O4S/c23-22(24)30-19-7-3-6-18(14-19)21(27)25-10-12-26(13-11-25)31(28,29)20-9-8-16-4-1-2-5-17(16)15-20/h1-9,14-15,22H,10-13H2. The molecule has 1 saturated heterocycles. The summed E-state index contributed by atoms with van der Waals surface area (Å²) in [5.74, 6) is -0.458. The minimum Gasteiger partial charge on any atom is -0.435 e. The number of sulfonamides is 1. The van der Waals surface area contributed by atoms with Gasteiger partial charge in [0.2, 0.25) is 10.0 Å². The van der Waals surface area contributed by atoms with Crippen LogP contribution in [0, 0.1) is 0 Å². The van der Waals surface area contributed by atoms with Crippen molar-refractivity contribution in [1.29, 1.82) is 0 Å². The van der Waals surface area contributed by atoms with Crippen molar-refractivity contribution < 1.29 is 26.7 Å². The molecular weight excluding hydrogens is 426 g/mol. The van der Waals surface area contributed by atoms with E-state index in [0.29, 0.717) is 0 Å². The van der Waals surface area contributed by atoms with Gasteiger partial charge in [0, 0.05) is 31.7 Å². The van der Waals surface area contributed by atoms with Crippen molar-refractivity contribution in [3.05, 3.63) is 72.3 Å². The van der Waals surface area contributed by atoms with Crippen molar-refractivity contribution >= 4 is 26.7 Å². The summed E-state index contributed by atoms with van der Waals surface area (Å²) in [7, 11) is -3.70. The SMILES string of the molecule is O=C(c1cccc(OC(F)F)c1)N1CCN(S(=O)(=O)c2ccc3ccccc3c2)CC1. The zero-order valence-electron chi connectivity index (χ0n) is 16.4. The molecule has 31 heavy (non-hydrogen) atoms. The maximum atomic E-state index is 13.1. The smallest absolute Gasteiger partial charge is 0.387 e. The summed E-state index contributed by atoms with van der Waals surface area (Å²) in [6, 6.07) is 18.1. The van der Waals surface area contributed by atoms with E-state index in [1.165, 1.54) is 33.5 Å². The largest absolute Gasteiger partial charge is 0.435 e. The van der Waals surface area contributed by atoms with Crippen molar-refractivity contribution in [2.75, 3.05) is 26.2 Å². The fraction of sp³-hybridized carbons (Fsp3) is 0.227. The summed E-state index contributed by atoms with van der Waals surface area (Å²) < 4.78 is 56.6. The zero-order valence-corrected chi connectivity index (χ0v) is 17.3. The molecule has 4 rings (SSSR count).